The van der Waals surface area contributed by atoms with Crippen molar-refractivity contribution in [1.29, 1.82) is 0 Å². The van der Waals surface area contributed by atoms with Crippen LogP contribution in [0.2, 0.25) is 0 Å². The molecule has 0 fully saturated rings. The summed E-state index contributed by atoms with van der Waals surface area (Å²) in [4.78, 5) is 32.2. The molecule has 0 atom stereocenters. The molecule has 0 saturated heterocycles. The lowest BCUT2D eigenvalue weighted by molar-refractivity contribution is -0.137. The summed E-state index contributed by atoms with van der Waals surface area (Å²) in [7, 11) is 1.73. The molecule has 0 saturated carbocycles. The number of oxazole rings is 1. The molecule has 12 heteroatoms. The van der Waals surface area contributed by atoms with Gasteiger partial charge in [-0.2, -0.15) is 18.2 Å². The maximum Gasteiger partial charge on any atom is 0.416 e. The third-order valence-electron chi connectivity index (χ3n) is 5.13. The van der Waals surface area contributed by atoms with E-state index in [1.54, 1.807) is 36.7 Å². The largest absolute Gasteiger partial charge is 0.423 e. The zero-order chi connectivity index (χ0) is 24.5. The summed E-state index contributed by atoms with van der Waals surface area (Å²) in [6.45, 7) is 2.35. The molecule has 34 heavy (non-hydrogen) atoms. The predicted octanol–water partition coefficient (Wildman–Crippen LogP) is 3.73. The summed E-state index contributed by atoms with van der Waals surface area (Å²) in [5, 5.41) is 8.27. The highest BCUT2D eigenvalue weighted by Gasteiger charge is 2.31. The van der Waals surface area contributed by atoms with Crippen LogP contribution in [0.15, 0.2) is 40.8 Å². The molecule has 2 heterocycles. The fraction of sp³-hybridized carbons (Fsp3) is 0.273. The van der Waals surface area contributed by atoms with E-state index in [9.17, 15) is 22.8 Å². The molecule has 9 nitrogen and oxygen atoms in total. The quantitative estimate of drug-likeness (QED) is 0.352. The molecule has 0 radical (unpaired) electrons. The number of alkyl halides is 3. The summed E-state index contributed by atoms with van der Waals surface area (Å²) in [6.07, 6.45) is -4.11. The maximum atomic E-state index is 12.9. The summed E-state index contributed by atoms with van der Waals surface area (Å²) < 4.78 is 45.9. The topological polar surface area (TPSA) is 114 Å². The number of hydrogen-bond acceptors (Lipinski definition) is 6. The molecular weight excluding hydrogens is 453 g/mol. The summed E-state index contributed by atoms with van der Waals surface area (Å²) >= 11 is 0. The number of nitrogens with one attached hydrogen (secondary N) is 3. The molecule has 0 bridgehead atoms. The first-order chi connectivity index (χ1) is 16.2. The Morgan fingerprint density at radius 1 is 1.03 bits per heavy atom. The Hall–Kier alpha value is -4.09. The normalized spacial score (nSPS) is 11.7. The highest BCUT2D eigenvalue weighted by molar-refractivity contribution is 5.97. The average Bonchev–Trinajstić information content (AvgIpc) is 3.35. The zero-order valence-corrected chi connectivity index (χ0v) is 18.3. The van der Waals surface area contributed by atoms with E-state index in [-0.39, 0.29) is 35.5 Å². The van der Waals surface area contributed by atoms with Gasteiger partial charge in [0.05, 0.1) is 16.6 Å². The van der Waals surface area contributed by atoms with E-state index in [1.165, 1.54) is 6.07 Å². The van der Waals surface area contributed by atoms with E-state index in [4.69, 9.17) is 4.42 Å². The van der Waals surface area contributed by atoms with Crippen molar-refractivity contribution in [3.8, 4) is 0 Å². The molecule has 4 rings (SSSR count). The molecule has 0 aliphatic rings. The second-order valence-corrected chi connectivity index (χ2v) is 7.48. The fourth-order valence-electron chi connectivity index (χ4n) is 3.31. The lowest BCUT2D eigenvalue weighted by Gasteiger charge is -2.06. The standard InChI is InChI=1S/C22H21F3N6O3/c1-3-18(32)26-8-9-27-19(33)12-4-7-16-15(10-12)28-20(31(16)2)30-21-29-14-6-5-13(22(23,24)25)11-17(14)34-21/h4-7,10-11H,3,8-9H2,1-2H3,(H,26,32)(H,27,33)(H,28,29,30). The van der Waals surface area contributed by atoms with E-state index in [1.807, 2.05) is 0 Å². The Bertz CT molecular complexity index is 1380. The smallest absolute Gasteiger partial charge is 0.416 e. The molecule has 2 aromatic carbocycles. The van der Waals surface area contributed by atoms with Gasteiger partial charge in [0.1, 0.15) is 5.52 Å². The van der Waals surface area contributed by atoms with Gasteiger partial charge in [-0.25, -0.2) is 4.98 Å². The van der Waals surface area contributed by atoms with E-state index < -0.39 is 11.7 Å². The van der Waals surface area contributed by atoms with Crippen LogP contribution < -0.4 is 16.0 Å². The average molecular weight is 474 g/mol. The van der Waals surface area contributed by atoms with Crippen LogP contribution in [0.25, 0.3) is 22.1 Å². The van der Waals surface area contributed by atoms with Gasteiger partial charge in [0.25, 0.3) is 5.91 Å². The second-order valence-electron chi connectivity index (χ2n) is 7.48. The minimum Gasteiger partial charge on any atom is -0.423 e. The molecule has 4 aromatic rings. The molecule has 178 valence electrons. The van der Waals surface area contributed by atoms with Gasteiger partial charge in [-0.3, -0.25) is 14.9 Å². The van der Waals surface area contributed by atoms with Crippen LogP contribution in [-0.2, 0) is 18.0 Å². The Morgan fingerprint density at radius 3 is 2.53 bits per heavy atom. The highest BCUT2D eigenvalue weighted by Crippen LogP contribution is 2.32. The van der Waals surface area contributed by atoms with Crippen molar-refractivity contribution < 1.29 is 27.2 Å². The lowest BCUT2D eigenvalue weighted by Crippen LogP contribution is -2.34. The first kappa shape index (κ1) is 23.1. The van der Waals surface area contributed by atoms with Crippen LogP contribution in [0.3, 0.4) is 0 Å². The number of rotatable bonds is 7. The van der Waals surface area contributed by atoms with Crippen LogP contribution in [-0.4, -0.2) is 39.4 Å². The number of benzene rings is 2. The highest BCUT2D eigenvalue weighted by atomic mass is 19.4. The van der Waals surface area contributed by atoms with Crippen molar-refractivity contribution in [2.45, 2.75) is 19.5 Å². The van der Waals surface area contributed by atoms with Crippen LogP contribution in [0, 0.1) is 0 Å². The van der Waals surface area contributed by atoms with E-state index in [0.717, 1.165) is 12.1 Å². The Morgan fingerprint density at radius 2 is 1.79 bits per heavy atom. The second kappa shape index (κ2) is 9.04. The summed E-state index contributed by atoms with van der Waals surface area (Å²) in [6, 6.07) is 8.03. The number of aromatic nitrogens is 3. The molecule has 0 unspecified atom stereocenters. The van der Waals surface area contributed by atoms with Gasteiger partial charge in [-0.1, -0.05) is 6.92 Å². The molecule has 3 N–H and O–H groups in total. The van der Waals surface area contributed by atoms with Crippen molar-refractivity contribution in [3.05, 3.63) is 47.5 Å². The van der Waals surface area contributed by atoms with Gasteiger partial charge in [0.2, 0.25) is 11.9 Å². The summed E-state index contributed by atoms with van der Waals surface area (Å²) in [5.74, 6) is -0.0754. The fourth-order valence-corrected chi connectivity index (χ4v) is 3.31. The number of fused-ring (bicyclic) bond motifs is 2. The Kier molecular flexibility index (Phi) is 6.14. The van der Waals surface area contributed by atoms with E-state index in [0.29, 0.717) is 35.5 Å². The third kappa shape index (κ3) is 4.80. The number of carbonyl (C=O) groups excluding carboxylic acids is 2. The number of hydrogen-bond donors (Lipinski definition) is 3. The van der Waals surface area contributed by atoms with Gasteiger partial charge < -0.3 is 19.6 Å². The monoisotopic (exact) mass is 474 g/mol. The van der Waals surface area contributed by atoms with Gasteiger partial charge >= 0.3 is 12.2 Å². The zero-order valence-electron chi connectivity index (χ0n) is 18.3. The van der Waals surface area contributed by atoms with Crippen molar-refractivity contribution in [1.82, 2.24) is 25.2 Å². The van der Waals surface area contributed by atoms with Crippen molar-refractivity contribution in [2.75, 3.05) is 18.4 Å². The van der Waals surface area contributed by atoms with Crippen LogP contribution in [0.5, 0.6) is 0 Å². The van der Waals surface area contributed by atoms with E-state index in [2.05, 4.69) is 25.9 Å². The third-order valence-corrected chi connectivity index (χ3v) is 5.13. The Balaban J connectivity index is 1.50. The predicted molar refractivity (Wildman–Crippen MR) is 119 cm³/mol. The number of carbonyl (C=O) groups is 2. The van der Waals surface area contributed by atoms with Gasteiger partial charge in [-0.15, -0.1) is 0 Å². The molecule has 2 aromatic heterocycles. The molecule has 0 spiro atoms. The van der Waals surface area contributed by atoms with Gasteiger partial charge in [0, 0.05) is 32.1 Å². The van der Waals surface area contributed by atoms with Gasteiger partial charge in [0.15, 0.2) is 5.58 Å². The molecule has 0 aliphatic carbocycles. The SMILES string of the molecule is CCC(=O)NCCNC(=O)c1ccc2c(c1)nc(Nc1nc3ccc(C(F)(F)F)cc3o1)n2C. The number of imidazole rings is 1. The number of aryl methyl sites for hydroxylation is 1. The Labute approximate surface area is 191 Å². The summed E-state index contributed by atoms with van der Waals surface area (Å²) in [5.41, 5.74) is 1.05. The first-order valence-electron chi connectivity index (χ1n) is 10.4. The number of amides is 2. The number of nitrogens with zero attached hydrogens (tertiary/aromatic N) is 3. The molecule has 2 amide bonds. The minimum absolute atomic E-state index is 0.00910. The number of halogens is 3. The van der Waals surface area contributed by atoms with Crippen LogP contribution in [0.4, 0.5) is 25.1 Å². The van der Waals surface area contributed by atoms with Crippen molar-refractivity contribution in [3.63, 3.8) is 0 Å². The minimum atomic E-state index is -4.49. The van der Waals surface area contributed by atoms with Crippen LogP contribution in [0.1, 0.15) is 29.3 Å². The first-order valence-corrected chi connectivity index (χ1v) is 10.4. The van der Waals surface area contributed by atoms with Gasteiger partial charge in [-0.05, 0) is 36.4 Å². The lowest BCUT2D eigenvalue weighted by atomic mass is 10.2. The van der Waals surface area contributed by atoms with Crippen molar-refractivity contribution >= 4 is 45.9 Å². The number of anilines is 2. The molecular formula is C22H21F3N6O3. The maximum absolute atomic E-state index is 12.9. The van der Waals surface area contributed by atoms with E-state index >= 15 is 0 Å². The molecule has 0 aliphatic heterocycles. The van der Waals surface area contributed by atoms with Crippen molar-refractivity contribution in [2.24, 2.45) is 7.05 Å². The van der Waals surface area contributed by atoms with Crippen LogP contribution >= 0.6 is 0 Å².